The van der Waals surface area contributed by atoms with Crippen molar-refractivity contribution in [2.24, 2.45) is 0 Å². The fourth-order valence-corrected chi connectivity index (χ4v) is 5.92. The summed E-state index contributed by atoms with van der Waals surface area (Å²) in [5.74, 6) is -0.503. The quantitative estimate of drug-likeness (QED) is 0.246. The van der Waals surface area contributed by atoms with Crippen LogP contribution in [0.5, 0.6) is 0 Å². The molecular weight excluding hydrogens is 476 g/mol. The van der Waals surface area contributed by atoms with Crippen LogP contribution in [0.2, 0.25) is 5.02 Å². The summed E-state index contributed by atoms with van der Waals surface area (Å²) in [7, 11) is 0. The Labute approximate surface area is 212 Å². The van der Waals surface area contributed by atoms with Gasteiger partial charge in [0.15, 0.2) is 0 Å². The van der Waals surface area contributed by atoms with Crippen molar-refractivity contribution in [3.05, 3.63) is 92.5 Å². The lowest BCUT2D eigenvalue weighted by molar-refractivity contribution is -0.112. The fraction of sp³-hybridized carbons (Fsp3) is 0.179. The Morgan fingerprint density at radius 1 is 1.11 bits per heavy atom. The summed E-state index contributed by atoms with van der Waals surface area (Å²) in [5.41, 5.74) is 4.46. The van der Waals surface area contributed by atoms with Crippen molar-refractivity contribution in [2.75, 3.05) is 5.32 Å². The number of halogens is 1. The molecule has 2 heterocycles. The van der Waals surface area contributed by atoms with Gasteiger partial charge >= 0.3 is 0 Å². The van der Waals surface area contributed by atoms with Gasteiger partial charge in [0.05, 0.1) is 5.56 Å². The van der Waals surface area contributed by atoms with Crippen LogP contribution in [0.1, 0.15) is 40.0 Å². The van der Waals surface area contributed by atoms with Crippen LogP contribution in [0.4, 0.5) is 5.00 Å². The molecule has 0 spiro atoms. The predicted octanol–water partition coefficient (Wildman–Crippen LogP) is 6.70. The van der Waals surface area contributed by atoms with E-state index in [1.165, 1.54) is 11.3 Å². The number of para-hydroxylation sites is 1. The summed E-state index contributed by atoms with van der Waals surface area (Å²) in [5, 5.41) is 24.5. The minimum absolute atomic E-state index is 0.00495. The number of rotatable bonds is 5. The van der Waals surface area contributed by atoms with Crippen molar-refractivity contribution < 1.29 is 4.79 Å². The molecule has 1 amide bonds. The van der Waals surface area contributed by atoms with E-state index >= 15 is 0 Å². The zero-order valence-electron chi connectivity index (χ0n) is 18.8. The third-order valence-electron chi connectivity index (χ3n) is 6.26. The SMILES string of the molecule is N#C/C(=C\c1cn(Cc2ccc(Cl)cc2)c2ccccc12)C(=O)Nc1sc2c(c1C#N)CCCC2. The minimum Gasteiger partial charge on any atom is -0.342 e. The van der Waals surface area contributed by atoms with E-state index in [9.17, 15) is 15.3 Å². The van der Waals surface area contributed by atoms with Crippen LogP contribution in [-0.2, 0) is 24.2 Å². The van der Waals surface area contributed by atoms with Crippen LogP contribution < -0.4 is 5.32 Å². The number of thiophene rings is 1. The Balaban J connectivity index is 1.47. The molecule has 5 rings (SSSR count). The number of aromatic nitrogens is 1. The number of nitrogens with one attached hydrogen (secondary N) is 1. The Morgan fingerprint density at radius 2 is 1.89 bits per heavy atom. The Bertz CT molecular complexity index is 1550. The zero-order valence-corrected chi connectivity index (χ0v) is 20.4. The maximum Gasteiger partial charge on any atom is 0.266 e. The molecule has 0 saturated carbocycles. The number of carbonyl (C=O) groups excluding carboxylic acids is 1. The molecule has 4 aromatic rings. The second-order valence-electron chi connectivity index (χ2n) is 8.51. The molecule has 1 aliphatic rings. The normalized spacial score (nSPS) is 13.2. The van der Waals surface area contributed by atoms with Gasteiger partial charge in [0, 0.05) is 39.1 Å². The first-order chi connectivity index (χ1) is 17.1. The van der Waals surface area contributed by atoms with E-state index < -0.39 is 5.91 Å². The summed E-state index contributed by atoms with van der Waals surface area (Å²) >= 11 is 7.48. The predicted molar refractivity (Wildman–Crippen MR) is 140 cm³/mol. The number of fused-ring (bicyclic) bond motifs is 2. The highest BCUT2D eigenvalue weighted by Crippen LogP contribution is 2.38. The topological polar surface area (TPSA) is 81.6 Å². The van der Waals surface area contributed by atoms with Gasteiger partial charge in [-0.25, -0.2) is 0 Å². The van der Waals surface area contributed by atoms with E-state index in [2.05, 4.69) is 16.0 Å². The first-order valence-corrected chi connectivity index (χ1v) is 12.6. The lowest BCUT2D eigenvalue weighted by Gasteiger charge is -2.09. The van der Waals surface area contributed by atoms with Crippen LogP contribution in [0.25, 0.3) is 17.0 Å². The van der Waals surface area contributed by atoms with Crippen LogP contribution in [0.3, 0.4) is 0 Å². The molecule has 0 fully saturated rings. The van der Waals surface area contributed by atoms with Gasteiger partial charge in [-0.2, -0.15) is 10.5 Å². The standard InChI is InChI=1S/C28H21ClN4OS/c29-21-11-9-18(10-12-21)16-33-17-20(22-5-1-3-7-25(22)33)13-19(14-30)27(34)32-28-24(15-31)23-6-2-4-8-26(23)35-28/h1,3,5,7,9-13,17H,2,4,6,8,16H2,(H,32,34)/b19-13+. The highest BCUT2D eigenvalue weighted by atomic mass is 35.5. The molecule has 172 valence electrons. The van der Waals surface area contributed by atoms with Crippen molar-refractivity contribution in [1.82, 2.24) is 4.57 Å². The molecule has 0 unspecified atom stereocenters. The summed E-state index contributed by atoms with van der Waals surface area (Å²) in [6.07, 6.45) is 7.51. The Kier molecular flexibility index (Phi) is 6.42. The second kappa shape index (κ2) is 9.80. The molecular formula is C28H21ClN4OS. The number of nitrogens with zero attached hydrogens (tertiary/aromatic N) is 3. The molecule has 2 aromatic carbocycles. The number of hydrogen-bond acceptors (Lipinski definition) is 4. The van der Waals surface area contributed by atoms with Crippen molar-refractivity contribution in [3.8, 4) is 12.1 Å². The van der Waals surface area contributed by atoms with Gasteiger partial charge in [-0.15, -0.1) is 11.3 Å². The number of aryl methyl sites for hydroxylation is 1. The average Bonchev–Trinajstić information content (AvgIpc) is 3.41. The molecule has 1 N–H and O–H groups in total. The summed E-state index contributed by atoms with van der Waals surface area (Å²) < 4.78 is 2.10. The second-order valence-corrected chi connectivity index (χ2v) is 10.0. The summed E-state index contributed by atoms with van der Waals surface area (Å²) in [6, 6.07) is 19.9. The highest BCUT2D eigenvalue weighted by Gasteiger charge is 2.23. The number of nitriles is 2. The van der Waals surface area contributed by atoms with E-state index in [0.717, 1.165) is 58.2 Å². The third-order valence-corrected chi connectivity index (χ3v) is 7.72. The van der Waals surface area contributed by atoms with Crippen LogP contribution in [-0.4, -0.2) is 10.5 Å². The largest absolute Gasteiger partial charge is 0.342 e. The monoisotopic (exact) mass is 496 g/mol. The van der Waals surface area contributed by atoms with Gasteiger partial charge in [-0.05, 0) is 61.1 Å². The van der Waals surface area contributed by atoms with Gasteiger partial charge in [0.25, 0.3) is 5.91 Å². The van der Waals surface area contributed by atoms with Gasteiger partial charge in [-0.1, -0.05) is 41.9 Å². The van der Waals surface area contributed by atoms with Gasteiger partial charge in [0.1, 0.15) is 22.7 Å². The molecule has 1 aliphatic carbocycles. The van der Waals surface area contributed by atoms with E-state index in [1.54, 1.807) is 6.08 Å². The summed E-state index contributed by atoms with van der Waals surface area (Å²) in [6.45, 7) is 0.631. The van der Waals surface area contributed by atoms with E-state index in [1.807, 2.05) is 60.8 Å². The van der Waals surface area contributed by atoms with E-state index in [-0.39, 0.29) is 5.57 Å². The Hall–Kier alpha value is -3.84. The molecule has 0 aliphatic heterocycles. The highest BCUT2D eigenvalue weighted by molar-refractivity contribution is 7.16. The minimum atomic E-state index is -0.503. The zero-order chi connectivity index (χ0) is 24.4. The van der Waals surface area contributed by atoms with Crippen LogP contribution in [0, 0.1) is 22.7 Å². The number of hydrogen-bond donors (Lipinski definition) is 1. The molecule has 2 aromatic heterocycles. The van der Waals surface area contributed by atoms with E-state index in [0.29, 0.717) is 22.1 Å². The first kappa shape index (κ1) is 22.9. The molecule has 0 saturated heterocycles. The van der Waals surface area contributed by atoms with Crippen LogP contribution >= 0.6 is 22.9 Å². The number of carbonyl (C=O) groups is 1. The molecule has 0 atom stereocenters. The Morgan fingerprint density at radius 3 is 2.66 bits per heavy atom. The van der Waals surface area contributed by atoms with Gasteiger partial charge < -0.3 is 9.88 Å². The molecule has 7 heteroatoms. The molecule has 0 bridgehead atoms. The molecule has 35 heavy (non-hydrogen) atoms. The number of anilines is 1. The van der Waals surface area contributed by atoms with E-state index in [4.69, 9.17) is 11.6 Å². The lowest BCUT2D eigenvalue weighted by atomic mass is 9.96. The molecule has 5 nitrogen and oxygen atoms in total. The number of amides is 1. The number of benzene rings is 2. The smallest absolute Gasteiger partial charge is 0.266 e. The lowest BCUT2D eigenvalue weighted by Crippen LogP contribution is -2.13. The molecule has 0 radical (unpaired) electrons. The third kappa shape index (κ3) is 4.59. The maximum atomic E-state index is 13.1. The van der Waals surface area contributed by atoms with Crippen molar-refractivity contribution >= 4 is 50.8 Å². The van der Waals surface area contributed by atoms with Crippen molar-refractivity contribution in [2.45, 2.75) is 32.2 Å². The van der Waals surface area contributed by atoms with Crippen molar-refractivity contribution in [1.29, 1.82) is 10.5 Å². The van der Waals surface area contributed by atoms with Gasteiger partial charge in [0.2, 0.25) is 0 Å². The van der Waals surface area contributed by atoms with Crippen molar-refractivity contribution in [3.63, 3.8) is 0 Å². The summed E-state index contributed by atoms with van der Waals surface area (Å²) in [4.78, 5) is 14.2. The van der Waals surface area contributed by atoms with Gasteiger partial charge in [-0.3, -0.25) is 4.79 Å². The average molecular weight is 497 g/mol. The maximum absolute atomic E-state index is 13.1. The fourth-order valence-electron chi connectivity index (χ4n) is 4.55. The van der Waals surface area contributed by atoms with Crippen LogP contribution in [0.15, 0.2) is 60.3 Å². The first-order valence-electron chi connectivity index (χ1n) is 11.4.